The minimum Gasteiger partial charge on any atom is -0.478 e. The van der Waals surface area contributed by atoms with Crippen LogP contribution in [0.5, 0.6) is 17.2 Å². The second kappa shape index (κ2) is 8.59. The lowest BCUT2D eigenvalue weighted by atomic mass is 10.1. The molecule has 0 radical (unpaired) electrons. The fourth-order valence-electron chi connectivity index (χ4n) is 2.61. The molecule has 0 saturated heterocycles. The number of rotatable bonds is 6. The summed E-state index contributed by atoms with van der Waals surface area (Å²) >= 11 is 0. The lowest BCUT2D eigenvalue weighted by Crippen LogP contribution is -2.42. The molecule has 3 aromatic rings. The molecule has 3 rings (SSSR count). The summed E-state index contributed by atoms with van der Waals surface area (Å²) in [4.78, 5) is 12.6. The fraction of sp³-hybridized carbons (Fsp3) is 0.174. The fourth-order valence-corrected chi connectivity index (χ4v) is 2.61. The maximum Gasteiger partial charge on any atom is 0.416 e. The Morgan fingerprint density at radius 1 is 0.806 bits per heavy atom. The van der Waals surface area contributed by atoms with Gasteiger partial charge in [-0.3, -0.25) is 4.79 Å². The van der Waals surface area contributed by atoms with Gasteiger partial charge < -0.3 is 20.5 Å². The Bertz CT molecular complexity index is 1030. The number of ether oxygens (including phenoxy) is 2. The van der Waals surface area contributed by atoms with Crippen molar-refractivity contribution in [1.82, 2.24) is 0 Å². The third kappa shape index (κ3) is 5.91. The zero-order valence-corrected chi connectivity index (χ0v) is 16.9. The summed E-state index contributed by atoms with van der Waals surface area (Å²) < 4.78 is 49.5. The first-order valence-electron chi connectivity index (χ1n) is 9.34. The van der Waals surface area contributed by atoms with Crippen molar-refractivity contribution >= 4 is 17.3 Å². The Balaban J connectivity index is 1.61. The number of hydrogen-bond acceptors (Lipinski definition) is 4. The Hall–Kier alpha value is -3.68. The second-order valence-corrected chi connectivity index (χ2v) is 7.28. The van der Waals surface area contributed by atoms with Crippen molar-refractivity contribution in [3.05, 3.63) is 78.4 Å². The van der Waals surface area contributed by atoms with E-state index in [9.17, 15) is 18.0 Å². The summed E-state index contributed by atoms with van der Waals surface area (Å²) in [6, 6.07) is 17.8. The molecule has 0 fully saturated rings. The molecule has 0 bridgehead atoms. The maximum absolute atomic E-state index is 12.7. The van der Waals surface area contributed by atoms with Gasteiger partial charge in [0, 0.05) is 11.4 Å². The van der Waals surface area contributed by atoms with Gasteiger partial charge in [0.1, 0.15) is 17.2 Å². The second-order valence-electron chi connectivity index (χ2n) is 7.28. The topological polar surface area (TPSA) is 73.6 Å². The Morgan fingerprint density at radius 3 is 1.81 bits per heavy atom. The van der Waals surface area contributed by atoms with Crippen molar-refractivity contribution in [2.75, 3.05) is 11.1 Å². The number of alkyl halides is 3. The van der Waals surface area contributed by atoms with E-state index in [2.05, 4.69) is 5.32 Å². The highest BCUT2D eigenvalue weighted by Crippen LogP contribution is 2.30. The predicted molar refractivity (Wildman–Crippen MR) is 112 cm³/mol. The van der Waals surface area contributed by atoms with Crippen LogP contribution in [0.2, 0.25) is 0 Å². The van der Waals surface area contributed by atoms with Gasteiger partial charge >= 0.3 is 6.18 Å². The Labute approximate surface area is 177 Å². The minimum atomic E-state index is -4.44. The van der Waals surface area contributed by atoms with Gasteiger partial charge in [-0.15, -0.1) is 0 Å². The molecule has 0 atom stereocenters. The van der Waals surface area contributed by atoms with Gasteiger partial charge in [0.25, 0.3) is 5.91 Å². The average Bonchev–Trinajstić information content (AvgIpc) is 2.71. The number of nitrogen functional groups attached to an aromatic ring is 1. The third-order valence-electron chi connectivity index (χ3n) is 4.33. The molecule has 0 aliphatic carbocycles. The van der Waals surface area contributed by atoms with Gasteiger partial charge in [-0.1, -0.05) is 0 Å². The molecule has 0 aliphatic rings. The molecule has 0 heterocycles. The van der Waals surface area contributed by atoms with Crippen LogP contribution < -0.4 is 20.5 Å². The number of hydrogen-bond donors (Lipinski definition) is 2. The van der Waals surface area contributed by atoms with Crippen LogP contribution in [0.4, 0.5) is 24.5 Å². The molecular formula is C23H21F3N2O3. The van der Waals surface area contributed by atoms with Gasteiger partial charge in [-0.2, -0.15) is 13.2 Å². The number of halogens is 3. The number of anilines is 2. The van der Waals surface area contributed by atoms with Crippen molar-refractivity contribution in [2.45, 2.75) is 25.6 Å². The van der Waals surface area contributed by atoms with Crippen LogP contribution in [0, 0.1) is 0 Å². The number of nitrogens with two attached hydrogens (primary N) is 1. The normalized spacial score (nSPS) is 11.6. The predicted octanol–water partition coefficient (Wildman–Crippen LogP) is 5.88. The van der Waals surface area contributed by atoms with Gasteiger partial charge in [0.15, 0.2) is 5.60 Å². The molecule has 162 valence electrons. The van der Waals surface area contributed by atoms with Gasteiger partial charge in [-0.25, -0.2) is 0 Å². The van der Waals surface area contributed by atoms with E-state index < -0.39 is 23.2 Å². The lowest BCUT2D eigenvalue weighted by Gasteiger charge is -2.25. The summed E-state index contributed by atoms with van der Waals surface area (Å²) in [5.41, 5.74) is 4.45. The van der Waals surface area contributed by atoms with Crippen LogP contribution in [-0.4, -0.2) is 11.5 Å². The van der Waals surface area contributed by atoms with E-state index >= 15 is 0 Å². The molecule has 0 saturated carbocycles. The highest BCUT2D eigenvalue weighted by atomic mass is 19.4. The van der Waals surface area contributed by atoms with Gasteiger partial charge in [0.05, 0.1) is 5.56 Å². The van der Waals surface area contributed by atoms with Crippen molar-refractivity contribution in [3.8, 4) is 17.2 Å². The third-order valence-corrected chi connectivity index (χ3v) is 4.33. The highest BCUT2D eigenvalue weighted by Gasteiger charge is 2.32. The van der Waals surface area contributed by atoms with Crippen LogP contribution in [0.25, 0.3) is 0 Å². The maximum atomic E-state index is 12.7. The molecule has 5 nitrogen and oxygen atoms in total. The van der Waals surface area contributed by atoms with Crippen LogP contribution in [-0.2, 0) is 11.0 Å². The van der Waals surface area contributed by atoms with E-state index in [0.717, 1.165) is 12.1 Å². The van der Waals surface area contributed by atoms with Crippen molar-refractivity contribution < 1.29 is 27.4 Å². The molecule has 31 heavy (non-hydrogen) atoms. The molecular weight excluding hydrogens is 409 g/mol. The number of nitrogens with one attached hydrogen (secondary N) is 1. The molecule has 0 unspecified atom stereocenters. The molecule has 8 heteroatoms. The first-order chi connectivity index (χ1) is 14.5. The summed E-state index contributed by atoms with van der Waals surface area (Å²) in [5.74, 6) is 1.12. The van der Waals surface area contributed by atoms with Crippen molar-refractivity contribution in [1.29, 1.82) is 0 Å². The average molecular weight is 430 g/mol. The standard InChI is InChI=1S/C23H21F3N2O3/c1-22(2,21(29)28-17-7-3-15(4-8-17)23(24,25)26)31-20-13-11-19(12-14-20)30-18-9-5-16(27)6-10-18/h3-14H,27H2,1-2H3,(H,28,29). The van der Waals surface area contributed by atoms with Crippen LogP contribution >= 0.6 is 0 Å². The quantitative estimate of drug-likeness (QED) is 0.479. The largest absolute Gasteiger partial charge is 0.478 e. The smallest absolute Gasteiger partial charge is 0.416 e. The van der Waals surface area contributed by atoms with Crippen LogP contribution in [0.15, 0.2) is 72.8 Å². The molecule has 3 aromatic carbocycles. The summed E-state index contributed by atoms with van der Waals surface area (Å²) in [7, 11) is 0. The van der Waals surface area contributed by atoms with E-state index in [1.807, 2.05) is 0 Å². The SMILES string of the molecule is CC(C)(Oc1ccc(Oc2ccc(N)cc2)cc1)C(=O)Nc1ccc(C(F)(F)F)cc1. The first kappa shape index (κ1) is 22.0. The molecule has 3 N–H and O–H groups in total. The van der Waals surface area contributed by atoms with Gasteiger partial charge in [0.2, 0.25) is 0 Å². The van der Waals surface area contributed by atoms with E-state index in [1.54, 1.807) is 62.4 Å². The van der Waals surface area contributed by atoms with E-state index in [-0.39, 0.29) is 5.69 Å². The molecule has 0 spiro atoms. The van der Waals surface area contributed by atoms with E-state index in [0.29, 0.717) is 22.9 Å². The number of carbonyl (C=O) groups excluding carboxylic acids is 1. The Kier molecular flexibility index (Phi) is 6.10. The zero-order valence-electron chi connectivity index (χ0n) is 16.9. The summed E-state index contributed by atoms with van der Waals surface area (Å²) in [6.45, 7) is 3.12. The number of benzene rings is 3. The van der Waals surface area contributed by atoms with Crippen LogP contribution in [0.1, 0.15) is 19.4 Å². The Morgan fingerprint density at radius 2 is 1.29 bits per heavy atom. The first-order valence-corrected chi connectivity index (χ1v) is 9.34. The van der Waals surface area contributed by atoms with Gasteiger partial charge in [-0.05, 0) is 86.6 Å². The number of amides is 1. The van der Waals surface area contributed by atoms with E-state index in [4.69, 9.17) is 15.2 Å². The van der Waals surface area contributed by atoms with E-state index in [1.165, 1.54) is 12.1 Å². The van der Waals surface area contributed by atoms with Crippen molar-refractivity contribution in [3.63, 3.8) is 0 Å². The monoisotopic (exact) mass is 430 g/mol. The minimum absolute atomic E-state index is 0.238. The molecule has 0 aliphatic heterocycles. The van der Waals surface area contributed by atoms with Crippen molar-refractivity contribution in [2.24, 2.45) is 0 Å². The summed E-state index contributed by atoms with van der Waals surface area (Å²) in [5, 5.41) is 2.56. The lowest BCUT2D eigenvalue weighted by molar-refractivity contribution is -0.137. The zero-order chi connectivity index (χ0) is 22.6. The highest BCUT2D eigenvalue weighted by molar-refractivity contribution is 5.97. The molecule has 0 aromatic heterocycles. The van der Waals surface area contributed by atoms with Crippen LogP contribution in [0.3, 0.4) is 0 Å². The summed E-state index contributed by atoms with van der Waals surface area (Å²) in [6.07, 6.45) is -4.44. The number of carbonyl (C=O) groups is 1. The molecule has 1 amide bonds.